The molecule has 0 bridgehead atoms. The summed E-state index contributed by atoms with van der Waals surface area (Å²) in [7, 11) is 2.85. The Kier molecular flexibility index (Phi) is 12.2. The number of rotatable bonds is 14. The Bertz CT molecular complexity index is 306. The van der Waals surface area contributed by atoms with Crippen molar-refractivity contribution in [1.82, 2.24) is 4.90 Å². The highest BCUT2D eigenvalue weighted by Crippen LogP contribution is 2.34. The third-order valence-electron chi connectivity index (χ3n) is 4.25. The molecule has 6 heteroatoms. The van der Waals surface area contributed by atoms with Crippen molar-refractivity contribution in [3.63, 3.8) is 0 Å². The second-order valence-electron chi connectivity index (χ2n) is 7.52. The van der Waals surface area contributed by atoms with E-state index in [1.807, 2.05) is 0 Å². The predicted octanol–water partition coefficient (Wildman–Crippen LogP) is 2.89. The van der Waals surface area contributed by atoms with Crippen LogP contribution in [0, 0.1) is 16.7 Å². The summed E-state index contributed by atoms with van der Waals surface area (Å²) in [6.45, 7) is 11.1. The molecular weight excluding hydrogens is 311 g/mol. The monoisotopic (exact) mass is 348 g/mol. The Morgan fingerprint density at radius 1 is 1.13 bits per heavy atom. The summed E-state index contributed by atoms with van der Waals surface area (Å²) in [5, 5.41) is 21.2. The smallest absolute Gasteiger partial charge is 0.113 e. The molecule has 2 N–H and O–H groups in total. The van der Waals surface area contributed by atoms with Gasteiger partial charge in [-0.1, -0.05) is 32.9 Å². The van der Waals surface area contributed by atoms with E-state index in [4.69, 9.17) is 10.2 Å². The van der Waals surface area contributed by atoms with Gasteiger partial charge in [-0.3, -0.25) is 0 Å². The fourth-order valence-corrected chi connectivity index (χ4v) is 3.83. The normalized spacial score (nSPS) is 17.3. The van der Waals surface area contributed by atoms with Crippen LogP contribution < -0.4 is 0 Å². The summed E-state index contributed by atoms with van der Waals surface area (Å²) in [5.74, 6) is 1.20. The van der Waals surface area contributed by atoms with Crippen LogP contribution in [0.2, 0.25) is 0 Å². The minimum Gasteiger partial charge on any atom is -0.396 e. The van der Waals surface area contributed by atoms with Crippen LogP contribution in [0.15, 0.2) is 5.18 Å². The van der Waals surface area contributed by atoms with Crippen LogP contribution in [-0.2, 0) is 0 Å². The molecule has 0 saturated carbocycles. The molecule has 0 fully saturated rings. The van der Waals surface area contributed by atoms with E-state index in [-0.39, 0.29) is 24.4 Å². The predicted molar refractivity (Wildman–Crippen MR) is 101 cm³/mol. The zero-order chi connectivity index (χ0) is 17.9. The molecule has 0 spiro atoms. The number of nitroso groups, excluding NO2 is 1. The molecule has 0 rings (SSSR count). The highest BCUT2D eigenvalue weighted by Gasteiger charge is 2.33. The highest BCUT2D eigenvalue weighted by atomic mass is 31.0. The molecule has 4 atom stereocenters. The maximum Gasteiger partial charge on any atom is 0.113 e. The number of aliphatic hydroxyl groups is 2. The molecule has 0 aromatic heterocycles. The van der Waals surface area contributed by atoms with Crippen molar-refractivity contribution < 1.29 is 10.2 Å². The minimum absolute atomic E-state index is 0.137. The molecule has 23 heavy (non-hydrogen) atoms. The van der Waals surface area contributed by atoms with Crippen LogP contribution in [0.4, 0.5) is 0 Å². The van der Waals surface area contributed by atoms with Crippen LogP contribution >= 0.6 is 9.24 Å². The number of aliphatic hydroxyl groups excluding tert-OH is 2. The molecule has 0 amide bonds. The lowest BCUT2D eigenvalue weighted by Crippen LogP contribution is -2.43. The van der Waals surface area contributed by atoms with Gasteiger partial charge in [-0.15, -0.1) is 9.24 Å². The van der Waals surface area contributed by atoms with E-state index in [1.54, 1.807) is 0 Å². The SMILES string of the molecule is CC(C)CC(C)CC(C)(P)C(CN(CCCO)CCCO)N=O. The van der Waals surface area contributed by atoms with E-state index in [0.717, 1.165) is 25.9 Å². The summed E-state index contributed by atoms with van der Waals surface area (Å²) < 4.78 is 0. The van der Waals surface area contributed by atoms with E-state index in [0.29, 0.717) is 31.2 Å². The van der Waals surface area contributed by atoms with Crippen molar-refractivity contribution in [2.45, 2.75) is 64.6 Å². The molecule has 0 saturated heterocycles. The quantitative estimate of drug-likeness (QED) is 0.374. The maximum atomic E-state index is 11.4. The zero-order valence-electron chi connectivity index (χ0n) is 15.4. The van der Waals surface area contributed by atoms with E-state index >= 15 is 0 Å². The number of hydrogen-bond acceptors (Lipinski definition) is 5. The van der Waals surface area contributed by atoms with Crippen molar-refractivity contribution in [1.29, 1.82) is 0 Å². The van der Waals surface area contributed by atoms with Gasteiger partial charge >= 0.3 is 0 Å². The molecule has 0 aliphatic heterocycles. The topological polar surface area (TPSA) is 73.1 Å². The molecule has 138 valence electrons. The Labute approximate surface area is 144 Å². The highest BCUT2D eigenvalue weighted by molar-refractivity contribution is 7.19. The Hall–Kier alpha value is -0.0900. The molecule has 4 unspecified atom stereocenters. The first-order valence-corrected chi connectivity index (χ1v) is 9.40. The molecule has 0 radical (unpaired) electrons. The van der Waals surface area contributed by atoms with Crippen molar-refractivity contribution >= 4 is 9.24 Å². The third kappa shape index (κ3) is 10.4. The number of hydrogen-bond donors (Lipinski definition) is 2. The van der Waals surface area contributed by atoms with Gasteiger partial charge in [0.2, 0.25) is 0 Å². The number of nitrogens with zero attached hydrogens (tertiary/aromatic N) is 2. The maximum absolute atomic E-state index is 11.4. The van der Waals surface area contributed by atoms with Crippen molar-refractivity contribution in [2.24, 2.45) is 17.0 Å². The molecule has 0 heterocycles. The fraction of sp³-hybridized carbons (Fsp3) is 1.00. The Morgan fingerprint density at radius 3 is 2.04 bits per heavy atom. The molecule has 0 aliphatic carbocycles. The van der Waals surface area contributed by atoms with Crippen molar-refractivity contribution in [2.75, 3.05) is 32.8 Å². The second kappa shape index (κ2) is 12.3. The van der Waals surface area contributed by atoms with Gasteiger partial charge in [0.1, 0.15) is 6.04 Å². The standard InChI is InChI=1S/C17H37N2O3P/c1-14(2)11-15(3)12-17(4,23)16(18-22)13-19(7-5-9-20)8-6-10-21/h14-16,20-21H,5-13,23H2,1-4H3. The van der Waals surface area contributed by atoms with Gasteiger partial charge < -0.3 is 15.1 Å². The van der Waals surface area contributed by atoms with Gasteiger partial charge in [0.05, 0.1) is 0 Å². The average Bonchev–Trinajstić information content (AvgIpc) is 2.44. The molecule has 5 nitrogen and oxygen atoms in total. The Morgan fingerprint density at radius 2 is 1.65 bits per heavy atom. The lowest BCUT2D eigenvalue weighted by Gasteiger charge is -2.35. The van der Waals surface area contributed by atoms with Gasteiger partial charge in [-0.2, -0.15) is 4.91 Å². The van der Waals surface area contributed by atoms with Gasteiger partial charge in [0.15, 0.2) is 0 Å². The van der Waals surface area contributed by atoms with E-state index < -0.39 is 0 Å². The largest absolute Gasteiger partial charge is 0.396 e. The summed E-state index contributed by atoms with van der Waals surface area (Å²) >= 11 is 0. The lowest BCUT2D eigenvalue weighted by molar-refractivity contribution is 0.184. The van der Waals surface area contributed by atoms with Gasteiger partial charge in [-0.05, 0) is 37.5 Å². The average molecular weight is 348 g/mol. The second-order valence-corrected chi connectivity index (χ2v) is 8.84. The Balaban J connectivity index is 4.74. The van der Waals surface area contributed by atoms with Crippen LogP contribution in [0.5, 0.6) is 0 Å². The minimum atomic E-state index is -0.306. The lowest BCUT2D eigenvalue weighted by atomic mass is 9.86. The van der Waals surface area contributed by atoms with E-state index in [2.05, 4.69) is 47.0 Å². The fourth-order valence-electron chi connectivity index (χ4n) is 3.26. The first-order chi connectivity index (χ1) is 10.8. The van der Waals surface area contributed by atoms with Crippen LogP contribution in [0.1, 0.15) is 53.4 Å². The van der Waals surface area contributed by atoms with Gasteiger partial charge in [-0.25, -0.2) is 0 Å². The first-order valence-electron chi connectivity index (χ1n) is 8.82. The first kappa shape index (κ1) is 22.9. The van der Waals surface area contributed by atoms with Crippen molar-refractivity contribution in [3.05, 3.63) is 4.91 Å². The van der Waals surface area contributed by atoms with Gasteiger partial charge in [0.25, 0.3) is 0 Å². The summed E-state index contributed by atoms with van der Waals surface area (Å²) in [5.41, 5.74) is 0. The van der Waals surface area contributed by atoms with E-state index in [1.165, 1.54) is 0 Å². The molecule has 0 aromatic rings. The molecule has 0 aromatic carbocycles. The summed E-state index contributed by atoms with van der Waals surface area (Å²) in [6, 6.07) is -0.306. The zero-order valence-corrected chi connectivity index (χ0v) is 16.5. The van der Waals surface area contributed by atoms with Crippen molar-refractivity contribution in [3.8, 4) is 0 Å². The molecule has 0 aliphatic rings. The van der Waals surface area contributed by atoms with Crippen LogP contribution in [-0.4, -0.2) is 59.2 Å². The van der Waals surface area contributed by atoms with Crippen LogP contribution in [0.3, 0.4) is 0 Å². The summed E-state index contributed by atoms with van der Waals surface area (Å²) in [6.07, 6.45) is 3.44. The van der Waals surface area contributed by atoms with Gasteiger partial charge in [0, 0.05) is 38.0 Å². The summed E-state index contributed by atoms with van der Waals surface area (Å²) in [4.78, 5) is 13.6. The van der Waals surface area contributed by atoms with Crippen LogP contribution in [0.25, 0.3) is 0 Å². The van der Waals surface area contributed by atoms with E-state index in [9.17, 15) is 4.91 Å². The molecular formula is C17H37N2O3P. The third-order valence-corrected chi connectivity index (χ3v) is 4.87.